The Morgan fingerprint density at radius 1 is 1.09 bits per heavy atom. The standard InChI is InChI=1S/C17H18N2O3/c1-11(16(20)18-19-17(21)13-6-7-13)22-15-9-8-12-4-2-3-5-14(12)10-15/h2-5,8-11,13H,6-7H2,1H3,(H,18,20)(H,19,21)/t11-/m0/s1. The third-order valence-electron chi connectivity index (χ3n) is 3.66. The number of carbonyl (C=O) groups is 2. The minimum absolute atomic E-state index is 0.0528. The lowest BCUT2D eigenvalue weighted by Gasteiger charge is -2.15. The molecule has 0 radical (unpaired) electrons. The van der Waals surface area contributed by atoms with Crippen molar-refractivity contribution in [1.29, 1.82) is 0 Å². The Morgan fingerprint density at radius 3 is 2.55 bits per heavy atom. The number of amides is 2. The second-order valence-corrected chi connectivity index (χ2v) is 5.52. The van der Waals surface area contributed by atoms with Crippen LogP contribution >= 0.6 is 0 Å². The lowest BCUT2D eigenvalue weighted by Crippen LogP contribution is -2.47. The fourth-order valence-electron chi connectivity index (χ4n) is 2.17. The van der Waals surface area contributed by atoms with E-state index in [-0.39, 0.29) is 17.7 Å². The average molecular weight is 298 g/mol. The van der Waals surface area contributed by atoms with Gasteiger partial charge in [-0.05, 0) is 42.7 Å². The number of nitrogens with one attached hydrogen (secondary N) is 2. The van der Waals surface area contributed by atoms with E-state index in [1.165, 1.54) is 0 Å². The van der Waals surface area contributed by atoms with Crippen molar-refractivity contribution in [2.24, 2.45) is 5.92 Å². The topological polar surface area (TPSA) is 67.4 Å². The monoisotopic (exact) mass is 298 g/mol. The minimum atomic E-state index is -0.694. The van der Waals surface area contributed by atoms with Crippen LogP contribution in [0, 0.1) is 5.92 Å². The molecule has 1 saturated carbocycles. The lowest BCUT2D eigenvalue weighted by atomic mass is 10.1. The third-order valence-corrected chi connectivity index (χ3v) is 3.66. The first kappa shape index (κ1) is 14.4. The fourth-order valence-corrected chi connectivity index (χ4v) is 2.17. The third kappa shape index (κ3) is 3.36. The van der Waals surface area contributed by atoms with Crippen molar-refractivity contribution in [2.45, 2.75) is 25.9 Å². The van der Waals surface area contributed by atoms with Crippen LogP contribution in [0.2, 0.25) is 0 Å². The molecule has 3 rings (SSSR count). The molecule has 0 aromatic heterocycles. The van der Waals surface area contributed by atoms with Gasteiger partial charge in [0.25, 0.3) is 5.91 Å². The van der Waals surface area contributed by atoms with Crippen LogP contribution in [-0.4, -0.2) is 17.9 Å². The van der Waals surface area contributed by atoms with Gasteiger partial charge in [0, 0.05) is 5.92 Å². The number of carbonyl (C=O) groups excluding carboxylic acids is 2. The Hall–Kier alpha value is -2.56. The second-order valence-electron chi connectivity index (χ2n) is 5.52. The SMILES string of the molecule is C[C@H](Oc1ccc2ccccc2c1)C(=O)NNC(=O)C1CC1. The Labute approximate surface area is 128 Å². The zero-order valence-corrected chi connectivity index (χ0v) is 12.3. The molecular formula is C17H18N2O3. The van der Waals surface area contributed by atoms with Crippen molar-refractivity contribution >= 4 is 22.6 Å². The van der Waals surface area contributed by atoms with Crippen LogP contribution in [0.4, 0.5) is 0 Å². The van der Waals surface area contributed by atoms with E-state index in [1.807, 2.05) is 42.5 Å². The molecule has 1 aliphatic rings. The maximum absolute atomic E-state index is 11.9. The van der Waals surface area contributed by atoms with Crippen LogP contribution in [-0.2, 0) is 9.59 Å². The molecule has 0 heterocycles. The predicted molar refractivity (Wildman–Crippen MR) is 83.0 cm³/mol. The number of fused-ring (bicyclic) bond motifs is 1. The van der Waals surface area contributed by atoms with E-state index < -0.39 is 6.10 Å². The molecule has 22 heavy (non-hydrogen) atoms. The molecule has 2 aromatic carbocycles. The predicted octanol–water partition coefficient (Wildman–Crippen LogP) is 2.16. The van der Waals surface area contributed by atoms with E-state index in [0.29, 0.717) is 5.75 Å². The molecule has 2 aromatic rings. The van der Waals surface area contributed by atoms with Crippen molar-refractivity contribution in [2.75, 3.05) is 0 Å². The Balaban J connectivity index is 1.58. The quantitative estimate of drug-likeness (QED) is 0.850. The van der Waals surface area contributed by atoms with E-state index in [2.05, 4.69) is 10.9 Å². The van der Waals surface area contributed by atoms with Crippen molar-refractivity contribution < 1.29 is 14.3 Å². The van der Waals surface area contributed by atoms with E-state index in [4.69, 9.17) is 4.74 Å². The highest BCUT2D eigenvalue weighted by Gasteiger charge is 2.30. The van der Waals surface area contributed by atoms with E-state index in [1.54, 1.807) is 6.92 Å². The summed E-state index contributed by atoms with van der Waals surface area (Å²) in [7, 11) is 0. The Bertz CT molecular complexity index is 710. The summed E-state index contributed by atoms with van der Waals surface area (Å²) < 4.78 is 5.63. The van der Waals surface area contributed by atoms with Gasteiger partial charge in [-0.25, -0.2) is 0 Å². The number of benzene rings is 2. The van der Waals surface area contributed by atoms with Crippen molar-refractivity contribution in [1.82, 2.24) is 10.9 Å². The Kier molecular flexibility index (Phi) is 3.96. The maximum Gasteiger partial charge on any atom is 0.279 e. The highest BCUT2D eigenvalue weighted by atomic mass is 16.5. The summed E-state index contributed by atoms with van der Waals surface area (Å²) >= 11 is 0. The Morgan fingerprint density at radius 2 is 1.82 bits per heavy atom. The molecule has 0 saturated heterocycles. The van der Waals surface area contributed by atoms with Gasteiger partial charge in [-0.15, -0.1) is 0 Å². The van der Waals surface area contributed by atoms with Crippen molar-refractivity contribution in [3.8, 4) is 5.75 Å². The van der Waals surface area contributed by atoms with Gasteiger partial charge >= 0.3 is 0 Å². The summed E-state index contributed by atoms with van der Waals surface area (Å²) in [5, 5.41) is 2.17. The number of rotatable bonds is 4. The van der Waals surface area contributed by atoms with Gasteiger partial charge in [-0.2, -0.15) is 0 Å². The smallest absolute Gasteiger partial charge is 0.279 e. The fraction of sp³-hybridized carbons (Fsp3) is 0.294. The van der Waals surface area contributed by atoms with Gasteiger partial charge in [-0.3, -0.25) is 20.4 Å². The average Bonchev–Trinajstić information content (AvgIpc) is 3.37. The number of hydrazine groups is 1. The summed E-state index contributed by atoms with van der Waals surface area (Å²) in [6.07, 6.45) is 1.09. The largest absolute Gasteiger partial charge is 0.481 e. The van der Waals surface area contributed by atoms with E-state index in [0.717, 1.165) is 23.6 Å². The molecule has 0 bridgehead atoms. The molecule has 1 aliphatic carbocycles. The summed E-state index contributed by atoms with van der Waals surface area (Å²) in [6, 6.07) is 13.6. The van der Waals surface area contributed by atoms with E-state index >= 15 is 0 Å². The molecule has 2 amide bonds. The number of ether oxygens (including phenoxy) is 1. The first-order valence-electron chi connectivity index (χ1n) is 7.38. The highest BCUT2D eigenvalue weighted by Crippen LogP contribution is 2.28. The molecule has 0 unspecified atom stereocenters. The van der Waals surface area contributed by atoms with Gasteiger partial charge in [0.15, 0.2) is 6.10 Å². The maximum atomic E-state index is 11.9. The minimum Gasteiger partial charge on any atom is -0.481 e. The number of hydrogen-bond donors (Lipinski definition) is 2. The summed E-state index contributed by atoms with van der Waals surface area (Å²) in [6.45, 7) is 1.65. The van der Waals surface area contributed by atoms with Crippen LogP contribution in [0.15, 0.2) is 42.5 Å². The van der Waals surface area contributed by atoms with Crippen LogP contribution in [0.25, 0.3) is 10.8 Å². The normalized spacial score (nSPS) is 15.1. The zero-order valence-electron chi connectivity index (χ0n) is 12.3. The van der Waals surface area contributed by atoms with Crippen LogP contribution in [0.1, 0.15) is 19.8 Å². The van der Waals surface area contributed by atoms with Crippen LogP contribution < -0.4 is 15.6 Å². The van der Waals surface area contributed by atoms with Gasteiger partial charge in [-0.1, -0.05) is 30.3 Å². The van der Waals surface area contributed by atoms with Crippen molar-refractivity contribution in [3.05, 3.63) is 42.5 Å². The highest BCUT2D eigenvalue weighted by molar-refractivity contribution is 5.87. The van der Waals surface area contributed by atoms with Gasteiger partial charge in [0.2, 0.25) is 5.91 Å². The summed E-state index contributed by atoms with van der Waals surface area (Å²) in [5.41, 5.74) is 4.82. The molecule has 5 nitrogen and oxygen atoms in total. The van der Waals surface area contributed by atoms with E-state index in [9.17, 15) is 9.59 Å². The molecule has 0 spiro atoms. The lowest BCUT2D eigenvalue weighted by molar-refractivity contribution is -0.133. The van der Waals surface area contributed by atoms with Crippen LogP contribution in [0.3, 0.4) is 0 Å². The van der Waals surface area contributed by atoms with Gasteiger partial charge in [0.05, 0.1) is 0 Å². The van der Waals surface area contributed by atoms with Gasteiger partial charge in [0.1, 0.15) is 5.75 Å². The first-order valence-corrected chi connectivity index (χ1v) is 7.38. The molecule has 2 N–H and O–H groups in total. The molecule has 5 heteroatoms. The van der Waals surface area contributed by atoms with Crippen LogP contribution in [0.5, 0.6) is 5.75 Å². The molecule has 1 fully saturated rings. The molecule has 0 aliphatic heterocycles. The first-order chi connectivity index (χ1) is 10.6. The summed E-state index contributed by atoms with van der Waals surface area (Å²) in [4.78, 5) is 23.4. The molecule has 1 atom stereocenters. The molecular weight excluding hydrogens is 280 g/mol. The second kappa shape index (κ2) is 6.05. The van der Waals surface area contributed by atoms with Crippen molar-refractivity contribution in [3.63, 3.8) is 0 Å². The summed E-state index contributed by atoms with van der Waals surface area (Å²) in [5.74, 6) is 0.167. The van der Waals surface area contributed by atoms with Gasteiger partial charge < -0.3 is 4.74 Å². The zero-order chi connectivity index (χ0) is 15.5. The molecule has 114 valence electrons. The number of hydrogen-bond acceptors (Lipinski definition) is 3.